The molecule has 2 aliphatic heterocycles. The quantitative estimate of drug-likeness (QED) is 0.160. The number of hydrogen-bond acceptors (Lipinski definition) is 4. The zero-order chi connectivity index (χ0) is 58.1. The van der Waals surface area contributed by atoms with Crippen LogP contribution in [0.1, 0.15) is 209 Å². The highest BCUT2D eigenvalue weighted by Gasteiger charge is 2.50. The Balaban J connectivity index is 1.25. The van der Waals surface area contributed by atoms with Crippen molar-refractivity contribution in [1.82, 2.24) is 0 Å². The first-order valence-corrected chi connectivity index (χ1v) is 30.5. The van der Waals surface area contributed by atoms with E-state index in [1.807, 2.05) is 0 Å². The van der Waals surface area contributed by atoms with Crippen molar-refractivity contribution in [3.8, 4) is 0 Å². The minimum Gasteiger partial charge on any atom is -0.468 e. The van der Waals surface area contributed by atoms with Gasteiger partial charge in [0.05, 0.1) is 17.0 Å². The molecule has 0 atom stereocenters. The van der Waals surface area contributed by atoms with Gasteiger partial charge in [0.1, 0.15) is 5.58 Å². The third-order valence-corrected chi connectivity index (χ3v) is 19.8. The van der Waals surface area contributed by atoms with Crippen LogP contribution in [0.4, 0.5) is 51.2 Å². The Labute approximate surface area is 487 Å². The van der Waals surface area contributed by atoms with E-state index in [0.29, 0.717) is 0 Å². The third kappa shape index (κ3) is 9.09. The van der Waals surface area contributed by atoms with E-state index in [1.165, 1.54) is 84.6 Å². The summed E-state index contributed by atoms with van der Waals surface area (Å²) in [5.74, 6) is 0. The topological polar surface area (TPSA) is 22.9 Å². The van der Waals surface area contributed by atoms with Crippen LogP contribution in [0.2, 0.25) is 0 Å². The van der Waals surface area contributed by atoms with Gasteiger partial charge in [-0.05, 0) is 203 Å². The van der Waals surface area contributed by atoms with E-state index in [-0.39, 0.29) is 50.0 Å². The fourth-order valence-electron chi connectivity index (χ4n) is 14.2. The van der Waals surface area contributed by atoms with E-state index in [9.17, 15) is 0 Å². The van der Waals surface area contributed by atoms with E-state index in [0.717, 1.165) is 64.3 Å². The smallest absolute Gasteiger partial charge is 0.297 e. The van der Waals surface area contributed by atoms with Crippen molar-refractivity contribution >= 4 is 85.5 Å². The van der Waals surface area contributed by atoms with Crippen LogP contribution in [0.5, 0.6) is 0 Å². The maximum absolute atomic E-state index is 7.62. The Kier molecular flexibility index (Phi) is 12.3. The second-order valence-electron chi connectivity index (χ2n) is 31.7. The highest BCUT2D eigenvalue weighted by atomic mass is 16.3. The SMILES string of the molecule is CC(C)(C)c1ccc(N(c2ccc(C(C)(C)C)cc2)c2cc3c4c(c2)N(c2ccc(C(C)(C)C)cc2)c2c(oc5ccc(C(C)(C)C)cc25)B4c2cc4c(cc2N3c2ccc3c(c2)C(C)(C)CCC3(C)C)C(C)(C)CCC4(C)C)cc1. The van der Waals surface area contributed by atoms with Gasteiger partial charge in [0, 0.05) is 45.2 Å². The molecule has 3 heterocycles. The highest BCUT2D eigenvalue weighted by Crippen LogP contribution is 2.55. The van der Waals surface area contributed by atoms with Gasteiger partial charge in [-0.2, -0.15) is 0 Å². The van der Waals surface area contributed by atoms with Gasteiger partial charge in [0.25, 0.3) is 6.71 Å². The third-order valence-electron chi connectivity index (χ3n) is 19.8. The van der Waals surface area contributed by atoms with Crippen molar-refractivity contribution in [1.29, 1.82) is 0 Å². The first-order chi connectivity index (χ1) is 37.6. The molecule has 0 saturated carbocycles. The van der Waals surface area contributed by atoms with Gasteiger partial charge in [-0.15, -0.1) is 0 Å². The zero-order valence-corrected chi connectivity index (χ0v) is 52.9. The molecule has 1 aromatic heterocycles. The standard InChI is InChI=1S/C76H90BN3O/c1-69(2,3)47-21-28-51(29-22-47)78(52-30-23-48(24-31-52)70(4,5)6)55-43-63-66-64(44-55)80(53-32-25-49(26-33-53)71(7,8)9)67-56-41-50(72(10,11)12)27-36-65(56)81-68(67)77(66)61-45-59-60(76(19,20)40-39-75(59,17)18)46-62(61)79(63)54-34-35-57-58(42-54)74(15,16)38-37-73(57,13)14/h21-36,41-46H,37-40H2,1-20H3. The van der Waals surface area contributed by atoms with Crippen LogP contribution >= 0.6 is 0 Å². The van der Waals surface area contributed by atoms with Crippen molar-refractivity contribution in [3.63, 3.8) is 0 Å². The number of rotatable bonds is 5. The number of anilines is 9. The molecule has 81 heavy (non-hydrogen) atoms. The summed E-state index contributed by atoms with van der Waals surface area (Å²) in [7, 11) is 0. The van der Waals surface area contributed by atoms with Gasteiger partial charge in [0.15, 0.2) is 0 Å². The Morgan fingerprint density at radius 1 is 0.395 bits per heavy atom. The van der Waals surface area contributed by atoms with Crippen LogP contribution in [0.15, 0.2) is 138 Å². The lowest BCUT2D eigenvalue weighted by atomic mass is 9.35. The van der Waals surface area contributed by atoms with Gasteiger partial charge >= 0.3 is 0 Å². The van der Waals surface area contributed by atoms with E-state index in [4.69, 9.17) is 4.42 Å². The number of hydrogen-bond donors (Lipinski definition) is 0. The lowest BCUT2D eigenvalue weighted by Gasteiger charge is -2.47. The predicted octanol–water partition coefficient (Wildman–Crippen LogP) is 19.9. The fraction of sp³-hybridized carbons (Fsp3) is 0.421. The predicted molar refractivity (Wildman–Crippen MR) is 350 cm³/mol. The molecule has 0 saturated heterocycles. The molecular formula is C76H90BN3O. The average molecular weight is 1070 g/mol. The molecule has 5 heteroatoms. The van der Waals surface area contributed by atoms with Gasteiger partial charge in [-0.25, -0.2) is 0 Å². The van der Waals surface area contributed by atoms with E-state index in [1.54, 1.807) is 0 Å². The highest BCUT2D eigenvalue weighted by molar-refractivity contribution is 7.00. The molecule has 2 aliphatic carbocycles. The van der Waals surface area contributed by atoms with Crippen molar-refractivity contribution in [2.45, 2.75) is 207 Å². The number of fused-ring (bicyclic) bond motifs is 8. The fourth-order valence-corrected chi connectivity index (χ4v) is 14.2. The maximum atomic E-state index is 7.62. The maximum Gasteiger partial charge on any atom is 0.297 e. The second-order valence-corrected chi connectivity index (χ2v) is 31.7. The molecule has 0 radical (unpaired) electrons. The lowest BCUT2D eigenvalue weighted by Crippen LogP contribution is -2.61. The van der Waals surface area contributed by atoms with Gasteiger partial charge in [0.2, 0.25) is 0 Å². The average Bonchev–Trinajstić information content (AvgIpc) is 1.93. The number of nitrogens with zero attached hydrogens (tertiary/aromatic N) is 3. The summed E-state index contributed by atoms with van der Waals surface area (Å²) in [6, 6.07) is 53.1. The lowest BCUT2D eigenvalue weighted by molar-refractivity contribution is 0.332. The molecule has 418 valence electrons. The molecule has 7 aromatic carbocycles. The Morgan fingerprint density at radius 2 is 0.815 bits per heavy atom. The van der Waals surface area contributed by atoms with Crippen molar-refractivity contribution in [2.24, 2.45) is 0 Å². The normalized spacial score (nSPS) is 17.8. The summed E-state index contributed by atoms with van der Waals surface area (Å²) in [6.07, 6.45) is 4.57. The van der Waals surface area contributed by atoms with Gasteiger partial charge in [-0.3, -0.25) is 0 Å². The van der Waals surface area contributed by atoms with Crippen molar-refractivity contribution in [3.05, 3.63) is 178 Å². The van der Waals surface area contributed by atoms with Gasteiger partial charge in [-0.1, -0.05) is 193 Å². The molecule has 12 rings (SSSR count). The summed E-state index contributed by atoms with van der Waals surface area (Å²) in [4.78, 5) is 7.81. The van der Waals surface area contributed by atoms with Crippen molar-refractivity contribution < 1.29 is 4.42 Å². The van der Waals surface area contributed by atoms with Crippen LogP contribution in [0.3, 0.4) is 0 Å². The number of benzene rings is 7. The monoisotopic (exact) mass is 1070 g/mol. The molecule has 0 bridgehead atoms. The minimum atomic E-state index is -0.203. The number of furan rings is 1. The Hall–Kier alpha value is -6.46. The summed E-state index contributed by atoms with van der Waals surface area (Å²) < 4.78 is 7.62. The molecule has 0 amide bonds. The molecule has 0 N–H and O–H groups in total. The zero-order valence-electron chi connectivity index (χ0n) is 52.9. The van der Waals surface area contributed by atoms with Crippen molar-refractivity contribution in [2.75, 3.05) is 14.7 Å². The molecule has 0 unspecified atom stereocenters. The first kappa shape index (κ1) is 55.1. The van der Waals surface area contributed by atoms with Crippen LogP contribution in [0.25, 0.3) is 11.0 Å². The van der Waals surface area contributed by atoms with E-state index < -0.39 is 0 Å². The molecule has 4 nitrogen and oxygen atoms in total. The van der Waals surface area contributed by atoms with Crippen LogP contribution in [-0.4, -0.2) is 6.71 Å². The van der Waals surface area contributed by atoms with Crippen LogP contribution in [0, 0.1) is 0 Å². The molecular weight excluding hydrogens is 982 g/mol. The molecule has 4 aliphatic rings. The summed E-state index contributed by atoms with van der Waals surface area (Å²) in [6.45, 7) is 47.4. The summed E-state index contributed by atoms with van der Waals surface area (Å²) >= 11 is 0. The molecule has 0 fully saturated rings. The Bertz CT molecular complexity index is 3740. The molecule has 0 spiro atoms. The van der Waals surface area contributed by atoms with Gasteiger partial charge < -0.3 is 19.1 Å². The Morgan fingerprint density at radius 3 is 1.31 bits per heavy atom. The molecule has 8 aromatic rings. The second kappa shape index (κ2) is 18.0. The van der Waals surface area contributed by atoms with Crippen LogP contribution in [-0.2, 0) is 43.3 Å². The largest absolute Gasteiger partial charge is 0.468 e. The minimum absolute atomic E-state index is 0.000783. The first-order valence-electron chi connectivity index (χ1n) is 30.5. The van der Waals surface area contributed by atoms with E-state index >= 15 is 0 Å². The summed E-state index contributed by atoms with van der Waals surface area (Å²) in [5.41, 5.74) is 25.9. The van der Waals surface area contributed by atoms with E-state index in [2.05, 4.69) is 287 Å². The van der Waals surface area contributed by atoms with Crippen LogP contribution < -0.4 is 31.3 Å². The summed E-state index contributed by atoms with van der Waals surface area (Å²) in [5, 5.41) is 1.14.